The molecule has 0 aromatic carbocycles. The normalized spacial score (nSPS) is 20.6. The monoisotopic (exact) mass is 380 g/mol. The van der Waals surface area contributed by atoms with E-state index in [1.807, 2.05) is 32.6 Å². The molecule has 1 saturated heterocycles. The van der Waals surface area contributed by atoms with Crippen molar-refractivity contribution in [1.82, 2.24) is 15.5 Å². The van der Waals surface area contributed by atoms with E-state index in [9.17, 15) is 9.59 Å². The number of aromatic nitrogens is 2. The van der Waals surface area contributed by atoms with Crippen LogP contribution in [0.25, 0.3) is 11.1 Å². The quantitative estimate of drug-likeness (QED) is 0.813. The molecule has 140 valence electrons. The first-order valence-corrected chi connectivity index (χ1v) is 8.85. The Balaban J connectivity index is 2.10. The van der Waals surface area contributed by atoms with Crippen LogP contribution in [-0.4, -0.2) is 53.7 Å². The van der Waals surface area contributed by atoms with E-state index in [2.05, 4.69) is 15.5 Å². The molecule has 3 rings (SSSR count). The third-order valence-electron chi connectivity index (χ3n) is 4.03. The molecule has 0 spiro atoms. The summed E-state index contributed by atoms with van der Waals surface area (Å²) in [7, 11) is 0. The van der Waals surface area contributed by atoms with Crippen molar-refractivity contribution in [3.8, 4) is 0 Å². The van der Waals surface area contributed by atoms with Crippen molar-refractivity contribution in [2.75, 3.05) is 18.0 Å². The predicted octanol–water partition coefficient (Wildman–Crippen LogP) is 2.44. The van der Waals surface area contributed by atoms with E-state index in [1.165, 1.54) is 0 Å². The number of nitrogens with one attached hydrogen (secondary N) is 1. The first-order valence-electron chi connectivity index (χ1n) is 8.47. The molecule has 26 heavy (non-hydrogen) atoms. The van der Waals surface area contributed by atoms with Crippen molar-refractivity contribution in [1.29, 1.82) is 0 Å². The average molecular weight is 381 g/mol. The maximum Gasteiger partial charge on any atom is 0.275 e. The van der Waals surface area contributed by atoms with Gasteiger partial charge in [-0.1, -0.05) is 16.8 Å². The lowest BCUT2D eigenvalue weighted by molar-refractivity contribution is -0.00526. The Hall–Kier alpha value is -2.19. The van der Waals surface area contributed by atoms with Gasteiger partial charge in [-0.15, -0.1) is 0 Å². The zero-order valence-electron chi connectivity index (χ0n) is 15.1. The Labute approximate surface area is 155 Å². The third-order valence-corrected chi connectivity index (χ3v) is 4.38. The first-order chi connectivity index (χ1) is 12.3. The number of fused-ring (bicyclic) bond motifs is 1. The van der Waals surface area contributed by atoms with Crippen LogP contribution in [-0.2, 0) is 4.74 Å². The van der Waals surface area contributed by atoms with Crippen LogP contribution >= 0.6 is 11.6 Å². The molecule has 2 atom stereocenters. The number of pyridine rings is 1. The molecule has 1 aliphatic rings. The second-order valence-corrected chi connectivity index (χ2v) is 7.15. The molecule has 9 heteroatoms. The minimum atomic E-state index is -0.430. The minimum absolute atomic E-state index is 0.00830. The zero-order valence-corrected chi connectivity index (χ0v) is 15.8. The Kier molecular flexibility index (Phi) is 5.15. The highest BCUT2D eigenvalue weighted by molar-refractivity contribution is 6.38. The van der Waals surface area contributed by atoms with Crippen molar-refractivity contribution in [3.05, 3.63) is 16.4 Å². The molecule has 3 heterocycles. The number of nitrogens with zero attached hydrogens (tertiary/aromatic N) is 3. The van der Waals surface area contributed by atoms with Crippen molar-refractivity contribution in [2.24, 2.45) is 0 Å². The average Bonchev–Trinajstić information content (AvgIpc) is 2.97. The molecular weight excluding hydrogens is 360 g/mol. The molecule has 1 N–H and O–H groups in total. The molecule has 2 aromatic heterocycles. The molecule has 1 fully saturated rings. The summed E-state index contributed by atoms with van der Waals surface area (Å²) in [5, 5.41) is 6.75. The fourth-order valence-electron chi connectivity index (χ4n) is 3.15. The molecule has 1 amide bonds. The van der Waals surface area contributed by atoms with Gasteiger partial charge < -0.3 is 19.5 Å². The highest BCUT2D eigenvalue weighted by atomic mass is 35.5. The fourth-order valence-corrected chi connectivity index (χ4v) is 3.49. The van der Waals surface area contributed by atoms with Gasteiger partial charge in [0, 0.05) is 19.1 Å². The van der Waals surface area contributed by atoms with Gasteiger partial charge in [0.1, 0.15) is 16.2 Å². The Morgan fingerprint density at radius 1 is 1.35 bits per heavy atom. The van der Waals surface area contributed by atoms with Crippen LogP contribution in [0.15, 0.2) is 4.52 Å². The molecule has 0 radical (unpaired) electrons. The van der Waals surface area contributed by atoms with Crippen LogP contribution in [0.2, 0.25) is 5.02 Å². The summed E-state index contributed by atoms with van der Waals surface area (Å²) in [4.78, 5) is 30.2. The highest BCUT2D eigenvalue weighted by Gasteiger charge is 2.30. The van der Waals surface area contributed by atoms with Gasteiger partial charge in [-0.3, -0.25) is 9.59 Å². The molecule has 1 aliphatic heterocycles. The van der Waals surface area contributed by atoms with Gasteiger partial charge in [0.2, 0.25) is 5.58 Å². The Morgan fingerprint density at radius 2 is 2.00 bits per heavy atom. The molecule has 2 aromatic rings. The van der Waals surface area contributed by atoms with Gasteiger partial charge >= 0.3 is 0 Å². The standard InChI is InChI=1S/C17H21ClN4O4/c1-8(2)19-17(24)14-13-16(26-21-14)12(18)15(11(7-23)20-13)22-5-9(3)25-10(4)6-22/h7-10H,5-6H2,1-4H3,(H,19,24). The van der Waals surface area contributed by atoms with Crippen LogP contribution in [0.1, 0.15) is 48.7 Å². The molecular formula is C17H21ClN4O4. The Bertz CT molecular complexity index is 841. The largest absolute Gasteiger partial charge is 0.372 e. The predicted molar refractivity (Wildman–Crippen MR) is 97.0 cm³/mol. The molecule has 2 unspecified atom stereocenters. The number of ether oxygens (including phenoxy) is 1. The van der Waals surface area contributed by atoms with Crippen LogP contribution in [0, 0.1) is 0 Å². The second-order valence-electron chi connectivity index (χ2n) is 6.78. The summed E-state index contributed by atoms with van der Waals surface area (Å²) in [6, 6.07) is -0.0779. The second kappa shape index (κ2) is 7.20. The van der Waals surface area contributed by atoms with E-state index in [4.69, 9.17) is 20.9 Å². The lowest BCUT2D eigenvalue weighted by Gasteiger charge is -2.37. The Morgan fingerprint density at radius 3 is 2.58 bits per heavy atom. The maximum atomic E-state index is 12.3. The molecule has 0 bridgehead atoms. The van der Waals surface area contributed by atoms with E-state index < -0.39 is 5.91 Å². The van der Waals surface area contributed by atoms with Crippen LogP contribution in [0.5, 0.6) is 0 Å². The summed E-state index contributed by atoms with van der Waals surface area (Å²) in [5.41, 5.74) is 0.990. The zero-order chi connectivity index (χ0) is 19.0. The van der Waals surface area contributed by atoms with Crippen LogP contribution in [0.4, 0.5) is 5.69 Å². The van der Waals surface area contributed by atoms with Gasteiger partial charge in [0.05, 0.1) is 17.9 Å². The van der Waals surface area contributed by atoms with E-state index in [0.717, 1.165) is 0 Å². The molecule has 0 saturated carbocycles. The number of anilines is 1. The number of rotatable bonds is 4. The molecule has 0 aliphatic carbocycles. The summed E-state index contributed by atoms with van der Waals surface area (Å²) in [5.74, 6) is -0.430. The van der Waals surface area contributed by atoms with Crippen LogP contribution in [0.3, 0.4) is 0 Å². The number of hydrogen-bond acceptors (Lipinski definition) is 7. The lowest BCUT2D eigenvalue weighted by atomic mass is 10.1. The van der Waals surface area contributed by atoms with Crippen molar-refractivity contribution < 1.29 is 18.8 Å². The summed E-state index contributed by atoms with van der Waals surface area (Å²) >= 11 is 6.53. The lowest BCUT2D eigenvalue weighted by Crippen LogP contribution is -2.46. The fraction of sp³-hybridized carbons (Fsp3) is 0.529. The van der Waals surface area contributed by atoms with Crippen molar-refractivity contribution >= 4 is 40.6 Å². The number of carbonyl (C=O) groups excluding carboxylic acids is 2. The number of aldehydes is 1. The van der Waals surface area contributed by atoms with Crippen LogP contribution < -0.4 is 10.2 Å². The first kappa shape index (κ1) is 18.6. The van der Waals surface area contributed by atoms with Crippen molar-refractivity contribution in [3.63, 3.8) is 0 Å². The number of amides is 1. The number of hydrogen-bond donors (Lipinski definition) is 1. The summed E-state index contributed by atoms with van der Waals surface area (Å²) in [6.07, 6.45) is 0.585. The smallest absolute Gasteiger partial charge is 0.275 e. The summed E-state index contributed by atoms with van der Waals surface area (Å²) < 4.78 is 11.0. The third kappa shape index (κ3) is 3.39. The minimum Gasteiger partial charge on any atom is -0.372 e. The van der Waals surface area contributed by atoms with Gasteiger partial charge in [-0.25, -0.2) is 4.98 Å². The SMILES string of the molecule is CC(C)NC(=O)c1noc2c(Cl)c(N3CC(C)OC(C)C3)c(C=O)nc12. The number of halogens is 1. The number of carbonyl (C=O) groups is 2. The van der Waals surface area contributed by atoms with E-state index in [1.54, 1.807) is 0 Å². The highest BCUT2D eigenvalue weighted by Crippen LogP contribution is 2.37. The van der Waals surface area contributed by atoms with Gasteiger partial charge in [-0.05, 0) is 27.7 Å². The van der Waals surface area contributed by atoms with E-state index in [0.29, 0.717) is 25.1 Å². The van der Waals surface area contributed by atoms with Crippen molar-refractivity contribution in [2.45, 2.75) is 45.9 Å². The maximum absolute atomic E-state index is 12.3. The topological polar surface area (TPSA) is 97.6 Å². The molecule has 8 nitrogen and oxygen atoms in total. The van der Waals surface area contributed by atoms with Gasteiger partial charge in [0.25, 0.3) is 5.91 Å². The van der Waals surface area contributed by atoms with Gasteiger partial charge in [-0.2, -0.15) is 0 Å². The van der Waals surface area contributed by atoms with Gasteiger partial charge in [0.15, 0.2) is 12.0 Å². The summed E-state index contributed by atoms with van der Waals surface area (Å²) in [6.45, 7) is 8.68. The van der Waals surface area contributed by atoms with E-state index in [-0.39, 0.29) is 45.8 Å². The van der Waals surface area contributed by atoms with E-state index >= 15 is 0 Å². The number of morpholine rings is 1.